The zero-order valence-corrected chi connectivity index (χ0v) is 21.3. The number of benzene rings is 3. The molecule has 0 aliphatic carbocycles. The fourth-order valence-electron chi connectivity index (χ4n) is 3.72. The van der Waals surface area contributed by atoms with Gasteiger partial charge in [-0.3, -0.25) is 4.79 Å². The monoisotopic (exact) mass is 517 g/mol. The lowest BCUT2D eigenvalue weighted by Crippen LogP contribution is -2.30. The van der Waals surface area contributed by atoms with Gasteiger partial charge in [0.2, 0.25) is 11.8 Å². The molecule has 0 saturated heterocycles. The topological polar surface area (TPSA) is 128 Å². The van der Waals surface area contributed by atoms with Crippen molar-refractivity contribution in [3.05, 3.63) is 90.6 Å². The van der Waals surface area contributed by atoms with Gasteiger partial charge in [0.25, 0.3) is 15.9 Å². The van der Waals surface area contributed by atoms with Crippen LogP contribution in [0.25, 0.3) is 11.1 Å². The van der Waals surface area contributed by atoms with E-state index in [0.717, 1.165) is 0 Å². The van der Waals surface area contributed by atoms with E-state index in [2.05, 4.69) is 14.7 Å². The summed E-state index contributed by atoms with van der Waals surface area (Å²) in [6.45, 7) is 4.94. The van der Waals surface area contributed by atoms with Crippen molar-refractivity contribution in [1.82, 2.24) is 14.9 Å². The third kappa shape index (κ3) is 5.87. The van der Waals surface area contributed by atoms with Crippen LogP contribution in [0.3, 0.4) is 0 Å². The number of ether oxygens (including phenoxy) is 1. The number of aromatic nitrogens is 2. The van der Waals surface area contributed by atoms with Crippen LogP contribution in [0.4, 0.5) is 11.6 Å². The highest BCUT2D eigenvalue weighted by Crippen LogP contribution is 2.35. The second kappa shape index (κ2) is 11.1. The second-order valence-electron chi connectivity index (χ2n) is 8.03. The molecule has 1 heterocycles. The lowest BCUT2D eigenvalue weighted by atomic mass is 10.0. The normalized spacial score (nSPS) is 11.1. The first kappa shape index (κ1) is 25.6. The minimum Gasteiger partial charge on any atom is -0.438 e. The van der Waals surface area contributed by atoms with Gasteiger partial charge in [-0.1, -0.05) is 42.5 Å². The summed E-state index contributed by atoms with van der Waals surface area (Å²) in [7, 11) is -4.01. The number of rotatable bonds is 9. The first-order valence-corrected chi connectivity index (χ1v) is 13.2. The Hall–Kier alpha value is -4.44. The number of sulfonamides is 1. The third-order valence-electron chi connectivity index (χ3n) is 5.60. The average molecular weight is 518 g/mol. The molecule has 0 unspecified atom stereocenters. The molecule has 0 saturated carbocycles. The highest BCUT2D eigenvalue weighted by molar-refractivity contribution is 7.92. The number of nitrogens with two attached hydrogens (primary N) is 1. The number of carbonyl (C=O) groups is 1. The summed E-state index contributed by atoms with van der Waals surface area (Å²) in [6, 6.07) is 21.9. The molecule has 1 aromatic heterocycles. The summed E-state index contributed by atoms with van der Waals surface area (Å²) < 4.78 is 34.3. The fourth-order valence-corrected chi connectivity index (χ4v) is 4.73. The molecule has 9 nitrogen and oxygen atoms in total. The molecule has 37 heavy (non-hydrogen) atoms. The molecule has 0 atom stereocenters. The smallest absolute Gasteiger partial charge is 0.264 e. The fraction of sp³-hybridized carbons (Fsp3) is 0.148. The van der Waals surface area contributed by atoms with Crippen LogP contribution >= 0.6 is 0 Å². The Labute approximate surface area is 216 Å². The van der Waals surface area contributed by atoms with Crippen LogP contribution in [-0.2, 0) is 10.0 Å². The lowest BCUT2D eigenvalue weighted by Gasteiger charge is -2.21. The van der Waals surface area contributed by atoms with Crippen LogP contribution in [0.1, 0.15) is 24.2 Å². The predicted molar refractivity (Wildman–Crippen MR) is 143 cm³/mol. The van der Waals surface area contributed by atoms with Gasteiger partial charge < -0.3 is 15.4 Å². The van der Waals surface area contributed by atoms with Gasteiger partial charge in [0.1, 0.15) is 5.75 Å². The van der Waals surface area contributed by atoms with Gasteiger partial charge >= 0.3 is 0 Å². The minimum atomic E-state index is -4.01. The summed E-state index contributed by atoms with van der Waals surface area (Å²) in [5.74, 6) is 0.244. The Bertz CT molecular complexity index is 1510. The maximum atomic E-state index is 13.3. The molecule has 0 spiro atoms. The number of nitrogens with zero attached hydrogens (tertiary/aromatic N) is 3. The molecule has 1 amide bonds. The van der Waals surface area contributed by atoms with Crippen molar-refractivity contribution >= 4 is 27.6 Å². The van der Waals surface area contributed by atoms with Crippen LogP contribution in [0.15, 0.2) is 90.0 Å². The number of hydrogen-bond donors (Lipinski definition) is 2. The molecule has 0 fully saturated rings. The standard InChI is InChI=1S/C27H27N5O4S/c1-3-32(4-2)26(33)23-16-9-8-15-22(23)24-18-29-27(30-25(24)36-20-12-6-5-7-13-20)31-37(34,35)21-14-10-11-19(28)17-21/h5-18H,3-4,28H2,1-2H3,(H,29,30,31). The largest absolute Gasteiger partial charge is 0.438 e. The zero-order chi connectivity index (χ0) is 26.4. The van der Waals surface area contributed by atoms with Crippen molar-refractivity contribution in [3.8, 4) is 22.8 Å². The first-order valence-electron chi connectivity index (χ1n) is 11.7. The Morgan fingerprint density at radius 2 is 1.65 bits per heavy atom. The summed E-state index contributed by atoms with van der Waals surface area (Å²) in [6.07, 6.45) is 1.44. The van der Waals surface area contributed by atoms with Crippen molar-refractivity contribution in [2.45, 2.75) is 18.7 Å². The molecule has 0 aliphatic rings. The van der Waals surface area contributed by atoms with Crippen LogP contribution in [0.5, 0.6) is 11.6 Å². The van der Waals surface area contributed by atoms with E-state index in [9.17, 15) is 13.2 Å². The van der Waals surface area contributed by atoms with Gasteiger partial charge in [-0.15, -0.1) is 0 Å². The van der Waals surface area contributed by atoms with E-state index in [4.69, 9.17) is 10.5 Å². The third-order valence-corrected chi connectivity index (χ3v) is 6.93. The molecule has 0 bridgehead atoms. The van der Waals surface area contributed by atoms with Gasteiger partial charge in [-0.2, -0.15) is 4.98 Å². The van der Waals surface area contributed by atoms with Crippen LogP contribution in [-0.4, -0.2) is 42.3 Å². The molecule has 0 radical (unpaired) electrons. The second-order valence-corrected chi connectivity index (χ2v) is 9.71. The molecule has 190 valence electrons. The molecule has 0 aliphatic heterocycles. The van der Waals surface area contributed by atoms with E-state index in [0.29, 0.717) is 41.2 Å². The summed E-state index contributed by atoms with van der Waals surface area (Å²) in [5.41, 5.74) is 7.52. The van der Waals surface area contributed by atoms with Crippen molar-refractivity contribution in [2.75, 3.05) is 23.5 Å². The predicted octanol–water partition coefficient (Wildman–Crippen LogP) is 4.80. The Kier molecular flexibility index (Phi) is 7.69. The molecule has 4 rings (SSSR count). The number of hydrogen-bond acceptors (Lipinski definition) is 7. The van der Waals surface area contributed by atoms with Crippen molar-refractivity contribution in [1.29, 1.82) is 0 Å². The van der Waals surface area contributed by atoms with E-state index < -0.39 is 10.0 Å². The van der Waals surface area contributed by atoms with E-state index >= 15 is 0 Å². The number of amides is 1. The Morgan fingerprint density at radius 3 is 2.35 bits per heavy atom. The zero-order valence-electron chi connectivity index (χ0n) is 20.5. The van der Waals surface area contributed by atoms with E-state index in [1.165, 1.54) is 18.3 Å². The molecule has 3 aromatic carbocycles. The maximum absolute atomic E-state index is 13.3. The van der Waals surface area contributed by atoms with Gasteiger partial charge in [-0.25, -0.2) is 18.1 Å². The SMILES string of the molecule is CCN(CC)C(=O)c1ccccc1-c1cnc(NS(=O)(=O)c2cccc(N)c2)nc1Oc1ccccc1. The average Bonchev–Trinajstić information content (AvgIpc) is 2.90. The van der Waals surface area contributed by atoms with E-state index in [1.807, 2.05) is 19.9 Å². The Balaban J connectivity index is 1.79. The number of anilines is 2. The molecule has 10 heteroatoms. The van der Waals surface area contributed by atoms with E-state index in [1.54, 1.807) is 65.6 Å². The summed E-state index contributed by atoms with van der Waals surface area (Å²) in [4.78, 5) is 23.6. The molecule has 4 aromatic rings. The van der Waals surface area contributed by atoms with Crippen molar-refractivity contribution in [2.24, 2.45) is 0 Å². The first-order chi connectivity index (χ1) is 17.8. The molecular formula is C27H27N5O4S. The maximum Gasteiger partial charge on any atom is 0.264 e. The number of para-hydroxylation sites is 1. The summed E-state index contributed by atoms with van der Waals surface area (Å²) >= 11 is 0. The highest BCUT2D eigenvalue weighted by atomic mass is 32.2. The van der Waals surface area contributed by atoms with Crippen LogP contribution < -0.4 is 15.2 Å². The number of nitrogen functional groups attached to an aromatic ring is 1. The van der Waals surface area contributed by atoms with Crippen LogP contribution in [0, 0.1) is 0 Å². The van der Waals surface area contributed by atoms with Crippen LogP contribution in [0.2, 0.25) is 0 Å². The van der Waals surface area contributed by atoms with Gasteiger partial charge in [0.15, 0.2) is 0 Å². The summed E-state index contributed by atoms with van der Waals surface area (Å²) in [5, 5.41) is 0. The Morgan fingerprint density at radius 1 is 0.946 bits per heavy atom. The van der Waals surface area contributed by atoms with Gasteiger partial charge in [0.05, 0.1) is 10.5 Å². The molecule has 3 N–H and O–H groups in total. The minimum absolute atomic E-state index is 0.0270. The lowest BCUT2D eigenvalue weighted by molar-refractivity contribution is 0.0773. The quantitative estimate of drug-likeness (QED) is 0.305. The number of carbonyl (C=O) groups excluding carboxylic acids is 1. The van der Waals surface area contributed by atoms with Crippen molar-refractivity contribution in [3.63, 3.8) is 0 Å². The molecular weight excluding hydrogens is 490 g/mol. The number of nitrogens with one attached hydrogen (secondary N) is 1. The van der Waals surface area contributed by atoms with Gasteiger partial charge in [-0.05, 0) is 50.2 Å². The highest BCUT2D eigenvalue weighted by Gasteiger charge is 2.23. The van der Waals surface area contributed by atoms with Gasteiger partial charge in [0, 0.05) is 36.1 Å². The van der Waals surface area contributed by atoms with Crippen molar-refractivity contribution < 1.29 is 17.9 Å². The van der Waals surface area contributed by atoms with E-state index in [-0.39, 0.29) is 22.6 Å².